The Morgan fingerprint density at radius 3 is 3.05 bits per heavy atom. The van der Waals surface area contributed by atoms with Crippen LogP contribution < -0.4 is 0 Å². The number of H-pyrrole nitrogens is 1. The van der Waals surface area contributed by atoms with Crippen LogP contribution in [0, 0.1) is 13.8 Å². The van der Waals surface area contributed by atoms with Gasteiger partial charge < -0.3 is 9.88 Å². The monoisotopic (exact) mass is 290 g/mol. The fourth-order valence-electron chi connectivity index (χ4n) is 2.61. The first kappa shape index (κ1) is 13.3. The molecule has 1 aliphatic heterocycles. The van der Waals surface area contributed by atoms with Crippen LogP contribution >= 0.6 is 11.3 Å². The van der Waals surface area contributed by atoms with Gasteiger partial charge in [0.15, 0.2) is 0 Å². The summed E-state index contributed by atoms with van der Waals surface area (Å²) in [7, 11) is 0. The maximum Gasteiger partial charge on any atom is 0.228 e. The third-order valence-electron chi connectivity index (χ3n) is 3.65. The molecule has 3 heterocycles. The van der Waals surface area contributed by atoms with Gasteiger partial charge in [0.1, 0.15) is 5.82 Å². The first-order valence-corrected chi connectivity index (χ1v) is 7.70. The minimum atomic E-state index is 0.168. The zero-order chi connectivity index (χ0) is 14.1. The molecule has 0 aromatic carbocycles. The number of rotatable bonds is 3. The van der Waals surface area contributed by atoms with E-state index in [1.165, 1.54) is 0 Å². The SMILES string of the molecule is Cc1cnc([C@H]2CCN(C(=O)Cc3csc(C)n3)C2)[nH]1. The lowest BCUT2D eigenvalue weighted by Crippen LogP contribution is -2.30. The number of aromatic nitrogens is 3. The number of hydrogen-bond donors (Lipinski definition) is 1. The molecular weight excluding hydrogens is 272 g/mol. The van der Waals surface area contributed by atoms with Crippen molar-refractivity contribution in [2.45, 2.75) is 32.6 Å². The minimum Gasteiger partial charge on any atom is -0.346 e. The van der Waals surface area contributed by atoms with Gasteiger partial charge >= 0.3 is 0 Å². The van der Waals surface area contributed by atoms with Crippen molar-refractivity contribution in [3.63, 3.8) is 0 Å². The molecule has 1 N–H and O–H groups in total. The molecule has 2 aromatic heterocycles. The second-order valence-corrected chi connectivity index (χ2v) is 6.37. The lowest BCUT2D eigenvalue weighted by atomic mass is 10.1. The summed E-state index contributed by atoms with van der Waals surface area (Å²) in [5, 5.41) is 2.98. The average Bonchev–Trinajstić information content (AvgIpc) is 3.10. The fraction of sp³-hybridized carbons (Fsp3) is 0.500. The van der Waals surface area contributed by atoms with Crippen molar-refractivity contribution in [3.8, 4) is 0 Å². The first-order chi connectivity index (χ1) is 9.61. The molecule has 20 heavy (non-hydrogen) atoms. The molecule has 106 valence electrons. The number of thiazole rings is 1. The van der Waals surface area contributed by atoms with Gasteiger partial charge in [0.25, 0.3) is 0 Å². The van der Waals surface area contributed by atoms with E-state index in [9.17, 15) is 4.79 Å². The Balaban J connectivity index is 1.60. The largest absolute Gasteiger partial charge is 0.346 e. The van der Waals surface area contributed by atoms with Crippen molar-refractivity contribution in [2.24, 2.45) is 0 Å². The van der Waals surface area contributed by atoms with E-state index < -0.39 is 0 Å². The Morgan fingerprint density at radius 2 is 2.40 bits per heavy atom. The number of aromatic amines is 1. The highest BCUT2D eigenvalue weighted by molar-refractivity contribution is 7.09. The Morgan fingerprint density at radius 1 is 1.55 bits per heavy atom. The zero-order valence-corrected chi connectivity index (χ0v) is 12.5. The third-order valence-corrected chi connectivity index (χ3v) is 4.47. The molecule has 1 atom stereocenters. The van der Waals surface area contributed by atoms with E-state index in [2.05, 4.69) is 15.0 Å². The predicted octanol–water partition coefficient (Wildman–Crippen LogP) is 2.04. The number of nitrogens with one attached hydrogen (secondary N) is 1. The van der Waals surface area contributed by atoms with Crippen LogP contribution in [0.1, 0.15) is 34.6 Å². The van der Waals surface area contributed by atoms with Crippen molar-refractivity contribution in [3.05, 3.63) is 33.8 Å². The molecule has 0 bridgehead atoms. The first-order valence-electron chi connectivity index (χ1n) is 6.82. The maximum absolute atomic E-state index is 12.3. The summed E-state index contributed by atoms with van der Waals surface area (Å²) in [6.45, 7) is 5.53. The topological polar surface area (TPSA) is 61.9 Å². The van der Waals surface area contributed by atoms with E-state index in [1.807, 2.05) is 30.3 Å². The lowest BCUT2D eigenvalue weighted by molar-refractivity contribution is -0.129. The molecule has 0 aliphatic carbocycles. The van der Waals surface area contributed by atoms with Crippen molar-refractivity contribution >= 4 is 17.2 Å². The van der Waals surface area contributed by atoms with Crippen LogP contribution in [-0.2, 0) is 11.2 Å². The highest BCUT2D eigenvalue weighted by Gasteiger charge is 2.29. The Bertz CT molecular complexity index is 618. The van der Waals surface area contributed by atoms with E-state index in [-0.39, 0.29) is 5.91 Å². The number of carbonyl (C=O) groups excluding carboxylic acids is 1. The van der Waals surface area contributed by atoms with Gasteiger partial charge in [0.2, 0.25) is 5.91 Å². The summed E-state index contributed by atoms with van der Waals surface area (Å²) in [5.41, 5.74) is 1.96. The summed E-state index contributed by atoms with van der Waals surface area (Å²) in [5.74, 6) is 1.51. The molecule has 6 heteroatoms. The molecule has 1 saturated heterocycles. The Hall–Kier alpha value is -1.69. The highest BCUT2D eigenvalue weighted by Crippen LogP contribution is 2.25. The number of amides is 1. The van der Waals surface area contributed by atoms with Crippen molar-refractivity contribution < 1.29 is 4.79 Å². The van der Waals surface area contributed by atoms with E-state index in [4.69, 9.17) is 0 Å². The molecule has 2 aromatic rings. The van der Waals surface area contributed by atoms with E-state index >= 15 is 0 Å². The fourth-order valence-corrected chi connectivity index (χ4v) is 3.22. The number of imidazole rings is 1. The molecule has 0 spiro atoms. The lowest BCUT2D eigenvalue weighted by Gasteiger charge is -2.15. The van der Waals surface area contributed by atoms with Crippen LogP contribution in [0.3, 0.4) is 0 Å². The van der Waals surface area contributed by atoms with Gasteiger partial charge in [0.05, 0.1) is 17.1 Å². The second-order valence-electron chi connectivity index (χ2n) is 5.31. The van der Waals surface area contributed by atoms with Gasteiger partial charge in [-0.05, 0) is 20.3 Å². The molecule has 1 fully saturated rings. The average molecular weight is 290 g/mol. The van der Waals surface area contributed by atoms with Crippen LogP contribution in [0.2, 0.25) is 0 Å². The molecule has 0 radical (unpaired) electrons. The molecule has 0 unspecified atom stereocenters. The molecule has 1 amide bonds. The highest BCUT2D eigenvalue weighted by atomic mass is 32.1. The molecule has 0 saturated carbocycles. The number of carbonyl (C=O) groups is 1. The van der Waals surface area contributed by atoms with E-state index in [0.717, 1.165) is 41.7 Å². The summed E-state index contributed by atoms with van der Waals surface area (Å²) < 4.78 is 0. The number of likely N-dealkylation sites (tertiary alicyclic amines) is 1. The van der Waals surface area contributed by atoms with Gasteiger partial charge in [-0.1, -0.05) is 0 Å². The Labute approximate surface area is 122 Å². The van der Waals surface area contributed by atoms with Crippen LogP contribution in [-0.4, -0.2) is 38.8 Å². The van der Waals surface area contributed by atoms with Gasteiger partial charge in [-0.25, -0.2) is 9.97 Å². The second kappa shape index (κ2) is 5.36. The summed E-state index contributed by atoms with van der Waals surface area (Å²) in [4.78, 5) is 26.2. The van der Waals surface area contributed by atoms with Crippen molar-refractivity contribution in [1.29, 1.82) is 0 Å². The summed E-state index contributed by atoms with van der Waals surface area (Å²) >= 11 is 1.59. The smallest absolute Gasteiger partial charge is 0.228 e. The van der Waals surface area contributed by atoms with E-state index in [1.54, 1.807) is 11.3 Å². The normalized spacial score (nSPS) is 18.7. The van der Waals surface area contributed by atoms with Crippen molar-refractivity contribution in [1.82, 2.24) is 19.9 Å². The van der Waals surface area contributed by atoms with Crippen LogP contribution in [0.5, 0.6) is 0 Å². The van der Waals surface area contributed by atoms with Crippen molar-refractivity contribution in [2.75, 3.05) is 13.1 Å². The molecule has 5 nitrogen and oxygen atoms in total. The molecule has 3 rings (SSSR count). The number of nitrogens with zero attached hydrogens (tertiary/aromatic N) is 3. The van der Waals surface area contributed by atoms with Gasteiger partial charge in [-0.3, -0.25) is 4.79 Å². The standard InChI is InChI=1S/C14H18N4OS/c1-9-6-15-14(16-9)11-3-4-18(7-11)13(19)5-12-8-20-10(2)17-12/h6,8,11H,3-5,7H2,1-2H3,(H,15,16)/t11-/m0/s1. The minimum absolute atomic E-state index is 0.168. The third kappa shape index (κ3) is 2.75. The quantitative estimate of drug-likeness (QED) is 0.941. The summed E-state index contributed by atoms with van der Waals surface area (Å²) in [6.07, 6.45) is 3.24. The number of hydrogen-bond acceptors (Lipinski definition) is 4. The van der Waals surface area contributed by atoms with Gasteiger partial charge in [0, 0.05) is 36.3 Å². The molecular formula is C14H18N4OS. The molecule has 1 aliphatic rings. The van der Waals surface area contributed by atoms with Gasteiger partial charge in [-0.15, -0.1) is 11.3 Å². The number of aryl methyl sites for hydroxylation is 2. The summed E-state index contributed by atoms with van der Waals surface area (Å²) in [6, 6.07) is 0. The predicted molar refractivity (Wildman–Crippen MR) is 77.8 cm³/mol. The Kier molecular flexibility index (Phi) is 3.56. The zero-order valence-electron chi connectivity index (χ0n) is 11.7. The van der Waals surface area contributed by atoms with Gasteiger partial charge in [-0.2, -0.15) is 0 Å². The van der Waals surface area contributed by atoms with Crippen LogP contribution in [0.4, 0.5) is 0 Å². The van der Waals surface area contributed by atoms with E-state index in [0.29, 0.717) is 12.3 Å². The maximum atomic E-state index is 12.3. The van der Waals surface area contributed by atoms with Crippen LogP contribution in [0.15, 0.2) is 11.6 Å². The van der Waals surface area contributed by atoms with Crippen LogP contribution in [0.25, 0.3) is 0 Å².